The van der Waals surface area contributed by atoms with Crippen molar-refractivity contribution in [3.63, 3.8) is 0 Å². The van der Waals surface area contributed by atoms with Gasteiger partial charge >= 0.3 is 6.03 Å². The van der Waals surface area contributed by atoms with Crippen molar-refractivity contribution in [1.29, 1.82) is 0 Å². The van der Waals surface area contributed by atoms with Gasteiger partial charge in [0.15, 0.2) is 0 Å². The Morgan fingerprint density at radius 2 is 1.80 bits per heavy atom. The maximum atomic E-state index is 12.2. The van der Waals surface area contributed by atoms with Crippen molar-refractivity contribution in [3.8, 4) is 0 Å². The number of pyridine rings is 1. The van der Waals surface area contributed by atoms with Crippen molar-refractivity contribution in [2.24, 2.45) is 23.7 Å². The van der Waals surface area contributed by atoms with Crippen molar-refractivity contribution in [1.82, 2.24) is 10.3 Å². The molecule has 0 saturated heterocycles. The van der Waals surface area contributed by atoms with E-state index in [1.807, 2.05) is 12.1 Å². The van der Waals surface area contributed by atoms with Crippen LogP contribution >= 0.6 is 0 Å². The van der Waals surface area contributed by atoms with E-state index in [-0.39, 0.29) is 6.03 Å². The molecule has 0 aromatic carbocycles. The minimum absolute atomic E-state index is 0.0736. The molecule has 0 aliphatic heterocycles. The fraction of sp³-hybridized carbons (Fsp3) is 0.625. The van der Waals surface area contributed by atoms with Crippen molar-refractivity contribution in [2.45, 2.75) is 38.1 Å². The number of urea groups is 1. The summed E-state index contributed by atoms with van der Waals surface area (Å²) in [4.78, 5) is 16.2. The van der Waals surface area contributed by atoms with Gasteiger partial charge in [-0.05, 0) is 67.9 Å². The van der Waals surface area contributed by atoms with Gasteiger partial charge in [-0.3, -0.25) is 4.98 Å². The van der Waals surface area contributed by atoms with Crippen molar-refractivity contribution >= 4 is 11.7 Å². The fourth-order valence-electron chi connectivity index (χ4n) is 4.92. The average molecular weight is 271 g/mol. The third kappa shape index (κ3) is 2.17. The molecule has 0 spiro atoms. The first-order valence-electron chi connectivity index (χ1n) is 7.75. The van der Waals surface area contributed by atoms with Gasteiger partial charge in [0.25, 0.3) is 0 Å². The molecule has 106 valence electrons. The first kappa shape index (κ1) is 12.2. The summed E-state index contributed by atoms with van der Waals surface area (Å²) in [5.41, 5.74) is 0.758. The summed E-state index contributed by atoms with van der Waals surface area (Å²) in [6.07, 6.45) is 10.1. The number of hydrogen-bond donors (Lipinski definition) is 2. The van der Waals surface area contributed by atoms with E-state index in [0.29, 0.717) is 17.9 Å². The molecule has 4 aliphatic rings. The van der Waals surface area contributed by atoms with Gasteiger partial charge in [0.2, 0.25) is 0 Å². The van der Waals surface area contributed by atoms with E-state index in [1.165, 1.54) is 32.1 Å². The zero-order chi connectivity index (χ0) is 13.5. The van der Waals surface area contributed by atoms with Gasteiger partial charge in [-0.25, -0.2) is 4.79 Å². The second-order valence-corrected chi connectivity index (χ2v) is 6.80. The standard InChI is InChI=1S/C16H21N3O/c20-16(18-14-2-1-3-17-9-14)19-15-12-5-10-4-11(7-12)8-13(15)6-10/h1-3,9-13,15H,4-8H2,(H2,18,19,20). The van der Waals surface area contributed by atoms with E-state index in [4.69, 9.17) is 0 Å². The third-order valence-electron chi connectivity index (χ3n) is 5.44. The fourth-order valence-corrected chi connectivity index (χ4v) is 4.92. The van der Waals surface area contributed by atoms with Crippen LogP contribution in [0.4, 0.5) is 10.5 Å². The van der Waals surface area contributed by atoms with E-state index in [9.17, 15) is 4.79 Å². The van der Waals surface area contributed by atoms with Crippen LogP contribution in [0.3, 0.4) is 0 Å². The molecule has 4 bridgehead atoms. The van der Waals surface area contributed by atoms with Crippen LogP contribution in [-0.2, 0) is 0 Å². The molecular weight excluding hydrogens is 250 g/mol. The monoisotopic (exact) mass is 271 g/mol. The Kier molecular flexibility index (Phi) is 2.90. The molecular formula is C16H21N3O. The molecule has 4 fully saturated rings. The number of rotatable bonds is 2. The number of amides is 2. The molecule has 0 radical (unpaired) electrons. The lowest BCUT2D eigenvalue weighted by Crippen LogP contribution is -2.56. The van der Waals surface area contributed by atoms with Crippen LogP contribution in [0.25, 0.3) is 0 Å². The van der Waals surface area contributed by atoms with Gasteiger partial charge in [0.1, 0.15) is 0 Å². The number of carbonyl (C=O) groups is 1. The van der Waals surface area contributed by atoms with Gasteiger partial charge in [0, 0.05) is 12.2 Å². The van der Waals surface area contributed by atoms with Crippen LogP contribution in [0.2, 0.25) is 0 Å². The minimum atomic E-state index is -0.0736. The number of anilines is 1. The molecule has 4 heteroatoms. The lowest BCUT2D eigenvalue weighted by Gasteiger charge is -2.54. The van der Waals surface area contributed by atoms with E-state index < -0.39 is 0 Å². The van der Waals surface area contributed by atoms with Crippen LogP contribution in [-0.4, -0.2) is 17.1 Å². The number of nitrogens with one attached hydrogen (secondary N) is 2. The Hall–Kier alpha value is -1.58. The number of aromatic nitrogens is 1. The molecule has 1 aromatic heterocycles. The normalized spacial score (nSPS) is 37.7. The maximum absolute atomic E-state index is 12.2. The first-order valence-corrected chi connectivity index (χ1v) is 7.75. The maximum Gasteiger partial charge on any atom is 0.319 e. The van der Waals surface area contributed by atoms with E-state index in [1.54, 1.807) is 12.4 Å². The molecule has 1 heterocycles. The Morgan fingerprint density at radius 3 is 2.40 bits per heavy atom. The van der Waals surface area contributed by atoms with Gasteiger partial charge in [-0.1, -0.05) is 0 Å². The lowest BCUT2D eigenvalue weighted by molar-refractivity contribution is -0.00883. The summed E-state index contributed by atoms with van der Waals surface area (Å²) in [5, 5.41) is 6.12. The highest BCUT2D eigenvalue weighted by atomic mass is 16.2. The summed E-state index contributed by atoms with van der Waals surface area (Å²) in [5.74, 6) is 3.31. The predicted octanol–water partition coefficient (Wildman–Crippen LogP) is 3.03. The van der Waals surface area contributed by atoms with E-state index >= 15 is 0 Å². The largest absolute Gasteiger partial charge is 0.335 e. The number of nitrogens with zero attached hydrogens (tertiary/aromatic N) is 1. The van der Waals surface area contributed by atoms with Crippen LogP contribution < -0.4 is 10.6 Å². The number of carbonyl (C=O) groups excluding carboxylic acids is 1. The second-order valence-electron chi connectivity index (χ2n) is 6.80. The quantitative estimate of drug-likeness (QED) is 0.868. The van der Waals surface area contributed by atoms with Crippen LogP contribution in [0.1, 0.15) is 32.1 Å². The highest BCUT2D eigenvalue weighted by Crippen LogP contribution is 2.53. The van der Waals surface area contributed by atoms with Crippen molar-refractivity contribution < 1.29 is 4.79 Å². The molecule has 5 rings (SSSR count). The van der Waals surface area contributed by atoms with Crippen molar-refractivity contribution in [2.75, 3.05) is 5.32 Å². The molecule has 1 aromatic rings. The zero-order valence-corrected chi connectivity index (χ0v) is 11.6. The lowest BCUT2D eigenvalue weighted by atomic mass is 9.54. The molecule has 20 heavy (non-hydrogen) atoms. The second kappa shape index (κ2) is 4.76. The average Bonchev–Trinajstić information content (AvgIpc) is 2.43. The summed E-state index contributed by atoms with van der Waals surface area (Å²) < 4.78 is 0. The molecule has 0 atom stereocenters. The highest BCUT2D eigenvalue weighted by molar-refractivity contribution is 5.89. The summed E-state index contributed by atoms with van der Waals surface area (Å²) >= 11 is 0. The van der Waals surface area contributed by atoms with Gasteiger partial charge in [-0.2, -0.15) is 0 Å². The van der Waals surface area contributed by atoms with Gasteiger partial charge in [-0.15, -0.1) is 0 Å². The Balaban J connectivity index is 1.40. The predicted molar refractivity (Wildman–Crippen MR) is 77.2 cm³/mol. The number of hydrogen-bond acceptors (Lipinski definition) is 2. The van der Waals surface area contributed by atoms with Gasteiger partial charge in [0.05, 0.1) is 11.9 Å². The summed E-state index contributed by atoms with van der Waals surface area (Å²) in [6.45, 7) is 0. The summed E-state index contributed by atoms with van der Waals surface area (Å²) in [7, 11) is 0. The van der Waals surface area contributed by atoms with E-state index in [2.05, 4.69) is 15.6 Å². The zero-order valence-electron chi connectivity index (χ0n) is 11.6. The molecule has 4 nitrogen and oxygen atoms in total. The third-order valence-corrected chi connectivity index (χ3v) is 5.44. The summed E-state index contributed by atoms with van der Waals surface area (Å²) in [6, 6.07) is 4.01. The Morgan fingerprint density at radius 1 is 1.10 bits per heavy atom. The molecule has 4 aliphatic carbocycles. The smallest absolute Gasteiger partial charge is 0.319 e. The SMILES string of the molecule is O=C(Nc1cccnc1)NC1C2CC3CC(C2)CC1C3. The topological polar surface area (TPSA) is 54.0 Å². The van der Waals surface area contributed by atoms with Gasteiger partial charge < -0.3 is 10.6 Å². The van der Waals surface area contributed by atoms with Crippen LogP contribution in [0.5, 0.6) is 0 Å². The van der Waals surface area contributed by atoms with Crippen molar-refractivity contribution in [3.05, 3.63) is 24.5 Å². The highest BCUT2D eigenvalue weighted by Gasteiger charge is 2.48. The Bertz CT molecular complexity index is 474. The first-order chi connectivity index (χ1) is 9.78. The van der Waals surface area contributed by atoms with Crippen LogP contribution in [0, 0.1) is 23.7 Å². The molecule has 0 unspecified atom stereocenters. The van der Waals surface area contributed by atoms with Crippen LogP contribution in [0.15, 0.2) is 24.5 Å². The Labute approximate surface area is 119 Å². The molecule has 4 saturated carbocycles. The molecule has 2 N–H and O–H groups in total. The molecule has 2 amide bonds. The van der Waals surface area contributed by atoms with E-state index in [0.717, 1.165) is 17.5 Å². The minimum Gasteiger partial charge on any atom is -0.335 e.